The fraction of sp³-hybridized carbons (Fsp3) is 0.750. The van der Waals surface area contributed by atoms with Gasteiger partial charge < -0.3 is 10.2 Å². The highest BCUT2D eigenvalue weighted by Crippen LogP contribution is 2.36. The van der Waals surface area contributed by atoms with E-state index in [1.54, 1.807) is 0 Å². The van der Waals surface area contributed by atoms with Crippen molar-refractivity contribution in [3.8, 4) is 0 Å². The topological polar surface area (TPSA) is 57.5 Å². The molecule has 0 spiro atoms. The van der Waals surface area contributed by atoms with Crippen molar-refractivity contribution in [3.05, 3.63) is 0 Å². The molecule has 0 aromatic rings. The lowest BCUT2D eigenvalue weighted by Crippen LogP contribution is -2.47. The molecule has 0 fully saturated rings. The number of alkyl halides is 6. The Morgan fingerprint density at radius 3 is 1.38 bits per heavy atom. The quantitative estimate of drug-likeness (QED) is 0.508. The second-order valence-electron chi connectivity index (χ2n) is 1.58. The Bertz CT molecular complexity index is 152. The predicted molar refractivity (Wildman–Crippen MR) is 26.8 cm³/mol. The number of hydrogen-bond acceptors (Lipinski definition) is 2. The van der Waals surface area contributed by atoms with Crippen LogP contribution in [0.15, 0.2) is 0 Å². The van der Waals surface area contributed by atoms with E-state index in [2.05, 4.69) is 0 Å². The van der Waals surface area contributed by atoms with Gasteiger partial charge in [-0.1, -0.05) is 0 Å². The van der Waals surface area contributed by atoms with Crippen LogP contribution in [0.25, 0.3) is 0 Å². The van der Waals surface area contributed by atoms with Crippen LogP contribution >= 0.6 is 0 Å². The second kappa shape index (κ2) is 4.90. The maximum absolute atomic E-state index is 11.4. The molecule has 3 nitrogen and oxygen atoms in total. The molecule has 0 aromatic carbocycles. The molecule has 0 aliphatic rings. The zero-order valence-electron chi connectivity index (χ0n) is 5.73. The van der Waals surface area contributed by atoms with E-state index >= 15 is 0 Å². The summed E-state index contributed by atoms with van der Waals surface area (Å²) in [6, 6.07) is 0. The molecule has 0 rings (SSSR count). The van der Waals surface area contributed by atoms with Crippen molar-refractivity contribution in [1.29, 1.82) is 0 Å². The summed E-state index contributed by atoms with van der Waals surface area (Å²) in [6.07, 6.45) is -10.4. The lowest BCUT2D eigenvalue weighted by molar-refractivity contribution is -0.352. The van der Waals surface area contributed by atoms with Gasteiger partial charge in [0.25, 0.3) is 6.47 Å². The third-order valence-electron chi connectivity index (χ3n) is 0.687. The maximum Gasteiger partial charge on any atom is 0.454 e. The molecule has 0 saturated carbocycles. The lowest BCUT2D eigenvalue weighted by Gasteiger charge is -2.20. The maximum atomic E-state index is 11.4. The normalized spacial score (nSPS) is 15.7. The number of aliphatic hydroxyl groups is 1. The van der Waals surface area contributed by atoms with E-state index in [1.165, 1.54) is 0 Å². The number of hydrogen-bond donors (Lipinski definition) is 2. The first-order valence-electron chi connectivity index (χ1n) is 2.45. The van der Waals surface area contributed by atoms with E-state index in [0.29, 0.717) is 0 Å². The van der Waals surface area contributed by atoms with Crippen LogP contribution in [-0.2, 0) is 4.79 Å². The van der Waals surface area contributed by atoms with Gasteiger partial charge in [-0.25, -0.2) is 8.78 Å². The van der Waals surface area contributed by atoms with Gasteiger partial charge in [0.05, 0.1) is 0 Å². The molecule has 0 bridgehead atoms. The van der Waals surface area contributed by atoms with E-state index in [4.69, 9.17) is 15.0 Å². The van der Waals surface area contributed by atoms with Crippen molar-refractivity contribution in [2.75, 3.05) is 0 Å². The third kappa shape index (κ3) is 4.55. The summed E-state index contributed by atoms with van der Waals surface area (Å²) in [7, 11) is 0. The highest BCUT2D eigenvalue weighted by Gasteiger charge is 2.62. The summed E-state index contributed by atoms with van der Waals surface area (Å²) in [5.41, 5.74) is 0. The molecule has 1 atom stereocenters. The molecule has 13 heavy (non-hydrogen) atoms. The minimum absolute atomic E-state index is 0.250. The van der Waals surface area contributed by atoms with Crippen LogP contribution in [0.1, 0.15) is 0 Å². The highest BCUT2D eigenvalue weighted by atomic mass is 19.4. The Kier molecular flexibility index (Phi) is 5.47. The number of carbonyl (C=O) groups is 1. The van der Waals surface area contributed by atoms with Crippen LogP contribution in [0.4, 0.5) is 26.3 Å². The van der Waals surface area contributed by atoms with Crippen molar-refractivity contribution in [1.82, 2.24) is 0 Å². The molecular formula is C4H4F6O3. The molecule has 1 unspecified atom stereocenters. The molecule has 80 valence electrons. The largest absolute Gasteiger partial charge is 0.483 e. The van der Waals surface area contributed by atoms with E-state index in [1.807, 2.05) is 0 Å². The minimum atomic E-state index is -5.94. The van der Waals surface area contributed by atoms with Crippen LogP contribution in [0.3, 0.4) is 0 Å². The number of rotatable bonds is 1. The average Bonchev–Trinajstić information content (AvgIpc) is 1.86. The van der Waals surface area contributed by atoms with Crippen LogP contribution in [-0.4, -0.2) is 35.1 Å². The Hall–Kier alpha value is -0.990. The smallest absolute Gasteiger partial charge is 0.454 e. The molecule has 0 aliphatic carbocycles. The predicted octanol–water partition coefficient (Wildman–Crippen LogP) is 1.17. The fourth-order valence-corrected chi connectivity index (χ4v) is 0.124. The van der Waals surface area contributed by atoms with Gasteiger partial charge >= 0.3 is 18.5 Å². The first kappa shape index (κ1) is 14.5. The standard InChI is InChI=1S/C3H2F6O.CH2O2/c4-1(5)2(6,10)3(7,8)9;2-1-3/h1,10H;1H,(H,2,3). The van der Waals surface area contributed by atoms with Gasteiger partial charge in [-0.3, -0.25) is 4.79 Å². The Morgan fingerprint density at radius 1 is 1.15 bits per heavy atom. The van der Waals surface area contributed by atoms with Crippen molar-refractivity contribution >= 4 is 6.47 Å². The number of carboxylic acid groups (broad SMARTS) is 1. The van der Waals surface area contributed by atoms with Gasteiger partial charge in [0.1, 0.15) is 0 Å². The minimum Gasteiger partial charge on any atom is -0.483 e. The average molecular weight is 214 g/mol. The van der Waals surface area contributed by atoms with Crippen molar-refractivity contribution in [3.63, 3.8) is 0 Å². The molecular weight excluding hydrogens is 210 g/mol. The van der Waals surface area contributed by atoms with E-state index in [-0.39, 0.29) is 6.47 Å². The Morgan fingerprint density at radius 2 is 1.38 bits per heavy atom. The van der Waals surface area contributed by atoms with E-state index < -0.39 is 18.5 Å². The summed E-state index contributed by atoms with van der Waals surface area (Å²) in [6.45, 7) is -0.250. The fourth-order valence-electron chi connectivity index (χ4n) is 0.124. The van der Waals surface area contributed by atoms with Gasteiger partial charge in [0.2, 0.25) is 0 Å². The van der Waals surface area contributed by atoms with Crippen molar-refractivity contribution in [2.45, 2.75) is 18.5 Å². The van der Waals surface area contributed by atoms with Gasteiger partial charge in [0.15, 0.2) is 0 Å². The number of halogens is 6. The first-order valence-corrected chi connectivity index (χ1v) is 2.45. The molecule has 0 radical (unpaired) electrons. The lowest BCUT2D eigenvalue weighted by atomic mass is 10.3. The summed E-state index contributed by atoms with van der Waals surface area (Å²) in [5, 5.41) is 14.3. The first-order chi connectivity index (χ1) is 5.61. The molecule has 0 aromatic heterocycles. The zero-order chi connectivity index (χ0) is 11.3. The summed E-state index contributed by atoms with van der Waals surface area (Å²) >= 11 is 0. The van der Waals surface area contributed by atoms with Gasteiger partial charge in [0, 0.05) is 0 Å². The monoisotopic (exact) mass is 214 g/mol. The van der Waals surface area contributed by atoms with Crippen molar-refractivity contribution < 1.29 is 41.4 Å². The van der Waals surface area contributed by atoms with Gasteiger partial charge in [-0.05, 0) is 0 Å². The summed E-state index contributed by atoms with van der Waals surface area (Å²) in [5.74, 6) is -5.40. The molecule has 2 N–H and O–H groups in total. The Labute approximate surface area is 67.6 Å². The van der Waals surface area contributed by atoms with Crippen LogP contribution in [0, 0.1) is 0 Å². The summed E-state index contributed by atoms with van der Waals surface area (Å²) < 4.78 is 66.3. The molecule has 9 heteroatoms. The highest BCUT2D eigenvalue weighted by molar-refractivity contribution is 5.32. The van der Waals surface area contributed by atoms with Crippen LogP contribution < -0.4 is 0 Å². The summed E-state index contributed by atoms with van der Waals surface area (Å²) in [4.78, 5) is 8.36. The Balaban J connectivity index is 0. The molecule has 0 amide bonds. The second-order valence-corrected chi connectivity index (χ2v) is 1.58. The van der Waals surface area contributed by atoms with Gasteiger partial charge in [-0.2, -0.15) is 17.6 Å². The third-order valence-corrected chi connectivity index (χ3v) is 0.687. The SMILES string of the molecule is O=CO.OC(F)(C(F)F)C(F)(F)F. The van der Waals surface area contributed by atoms with Crippen LogP contribution in [0.2, 0.25) is 0 Å². The van der Waals surface area contributed by atoms with Crippen molar-refractivity contribution in [2.24, 2.45) is 0 Å². The van der Waals surface area contributed by atoms with E-state index in [0.717, 1.165) is 0 Å². The zero-order valence-corrected chi connectivity index (χ0v) is 5.73. The van der Waals surface area contributed by atoms with Gasteiger partial charge in [-0.15, -0.1) is 0 Å². The van der Waals surface area contributed by atoms with Crippen LogP contribution in [0.5, 0.6) is 0 Å². The molecule has 0 saturated heterocycles. The molecule has 0 heterocycles. The van der Waals surface area contributed by atoms with E-state index in [9.17, 15) is 26.3 Å². The molecule has 0 aliphatic heterocycles.